The molecule has 2 fully saturated rings. The monoisotopic (exact) mass is 380 g/mol. The van der Waals surface area contributed by atoms with Crippen molar-refractivity contribution < 1.29 is 21.9 Å². The molecule has 2 aliphatic heterocycles. The van der Waals surface area contributed by atoms with E-state index in [4.69, 9.17) is 4.74 Å². The first-order valence-electron chi connectivity index (χ1n) is 8.50. The van der Waals surface area contributed by atoms with Crippen molar-refractivity contribution in [3.8, 4) is 5.75 Å². The summed E-state index contributed by atoms with van der Waals surface area (Å²) in [6.45, 7) is 0. The number of sulfonamides is 1. The number of nitrogens with zero attached hydrogens (tertiary/aromatic N) is 2. The van der Waals surface area contributed by atoms with E-state index in [0.29, 0.717) is 18.6 Å². The zero-order valence-corrected chi connectivity index (χ0v) is 14.7. The first kappa shape index (κ1) is 17.4. The number of ether oxygens (including phenoxy) is 1. The lowest BCUT2D eigenvalue weighted by atomic mass is 10.0. The van der Waals surface area contributed by atoms with Crippen molar-refractivity contribution in [1.82, 2.24) is 9.29 Å². The standard InChI is InChI=1S/C18H18F2N2O3S/c19-17-6-5-16(10-18(17)20)26(23,24)22-12-3-4-13(22)9-15(8-12)25-14-2-1-7-21-11-14/h1-2,5-7,10-13,15H,3-4,8-9H2. The highest BCUT2D eigenvalue weighted by Crippen LogP contribution is 2.41. The topological polar surface area (TPSA) is 59.5 Å². The molecule has 8 heteroatoms. The number of benzene rings is 1. The maximum atomic E-state index is 13.5. The van der Waals surface area contributed by atoms with Gasteiger partial charge in [-0.05, 0) is 43.2 Å². The summed E-state index contributed by atoms with van der Waals surface area (Å²) in [6, 6.07) is 5.92. The summed E-state index contributed by atoms with van der Waals surface area (Å²) < 4.78 is 60.0. The number of fused-ring (bicyclic) bond motifs is 2. The van der Waals surface area contributed by atoms with Crippen molar-refractivity contribution in [2.45, 2.75) is 48.8 Å². The molecular weight excluding hydrogens is 362 g/mol. The van der Waals surface area contributed by atoms with Gasteiger partial charge in [0.15, 0.2) is 11.6 Å². The Labute approximate surface area is 150 Å². The fraction of sp³-hybridized carbons (Fsp3) is 0.389. The minimum atomic E-state index is -3.87. The quantitative estimate of drug-likeness (QED) is 0.818. The van der Waals surface area contributed by atoms with Gasteiger partial charge in [-0.2, -0.15) is 4.31 Å². The fourth-order valence-electron chi connectivity index (χ4n) is 3.94. The van der Waals surface area contributed by atoms with Crippen LogP contribution in [-0.2, 0) is 10.0 Å². The van der Waals surface area contributed by atoms with Crippen LogP contribution in [-0.4, -0.2) is 35.9 Å². The molecule has 0 spiro atoms. The van der Waals surface area contributed by atoms with Crippen molar-refractivity contribution in [1.29, 1.82) is 0 Å². The van der Waals surface area contributed by atoms with Crippen molar-refractivity contribution >= 4 is 10.0 Å². The van der Waals surface area contributed by atoms with Gasteiger partial charge in [0, 0.05) is 31.1 Å². The van der Waals surface area contributed by atoms with Crippen LogP contribution >= 0.6 is 0 Å². The number of hydrogen-bond donors (Lipinski definition) is 0. The van der Waals surface area contributed by atoms with E-state index in [9.17, 15) is 17.2 Å². The average molecular weight is 380 g/mol. The molecule has 3 heterocycles. The van der Waals surface area contributed by atoms with E-state index in [2.05, 4.69) is 4.98 Å². The largest absolute Gasteiger partial charge is 0.489 e. The molecule has 138 valence electrons. The number of pyridine rings is 1. The van der Waals surface area contributed by atoms with Gasteiger partial charge in [0.05, 0.1) is 11.1 Å². The Hall–Kier alpha value is -2.06. The van der Waals surface area contributed by atoms with Crippen LogP contribution in [0.4, 0.5) is 8.78 Å². The summed E-state index contributed by atoms with van der Waals surface area (Å²) in [4.78, 5) is 3.81. The molecule has 2 aromatic rings. The second-order valence-corrected chi connectivity index (χ2v) is 8.54. The van der Waals surface area contributed by atoms with Crippen LogP contribution in [0.25, 0.3) is 0 Å². The van der Waals surface area contributed by atoms with Gasteiger partial charge in [0.25, 0.3) is 0 Å². The Bertz CT molecular complexity index is 894. The minimum absolute atomic E-state index is 0.0897. The summed E-state index contributed by atoms with van der Waals surface area (Å²) in [5, 5.41) is 0. The van der Waals surface area contributed by atoms with Crippen LogP contribution in [0.1, 0.15) is 25.7 Å². The van der Waals surface area contributed by atoms with Gasteiger partial charge >= 0.3 is 0 Å². The zero-order chi connectivity index (χ0) is 18.3. The summed E-state index contributed by atoms with van der Waals surface area (Å²) in [7, 11) is -3.87. The smallest absolute Gasteiger partial charge is 0.243 e. The molecule has 0 saturated carbocycles. The third kappa shape index (κ3) is 3.07. The van der Waals surface area contributed by atoms with E-state index in [0.717, 1.165) is 31.0 Å². The lowest BCUT2D eigenvalue weighted by Gasteiger charge is -2.37. The van der Waals surface area contributed by atoms with Crippen molar-refractivity contribution in [2.24, 2.45) is 0 Å². The fourth-order valence-corrected chi connectivity index (χ4v) is 5.84. The second kappa shape index (κ2) is 6.59. The zero-order valence-electron chi connectivity index (χ0n) is 13.9. The number of halogens is 2. The maximum absolute atomic E-state index is 13.5. The summed E-state index contributed by atoms with van der Waals surface area (Å²) in [5.74, 6) is -1.56. The van der Waals surface area contributed by atoms with Gasteiger partial charge in [-0.25, -0.2) is 17.2 Å². The average Bonchev–Trinajstić information content (AvgIpc) is 2.90. The molecule has 0 aliphatic carbocycles. The predicted molar refractivity (Wildman–Crippen MR) is 90.1 cm³/mol. The highest BCUT2D eigenvalue weighted by molar-refractivity contribution is 7.89. The lowest BCUT2D eigenvalue weighted by molar-refractivity contribution is 0.0953. The van der Waals surface area contributed by atoms with E-state index in [1.165, 1.54) is 4.31 Å². The van der Waals surface area contributed by atoms with Crippen LogP contribution < -0.4 is 4.74 Å². The number of hydrogen-bond acceptors (Lipinski definition) is 4. The summed E-state index contributed by atoms with van der Waals surface area (Å²) in [5.41, 5.74) is 0. The van der Waals surface area contributed by atoms with Crippen molar-refractivity contribution in [3.63, 3.8) is 0 Å². The molecule has 1 aromatic heterocycles. The Kier molecular flexibility index (Phi) is 4.40. The van der Waals surface area contributed by atoms with Crippen LogP contribution in [0.2, 0.25) is 0 Å². The highest BCUT2D eigenvalue weighted by Gasteiger charge is 2.48. The van der Waals surface area contributed by atoms with Gasteiger partial charge in [-0.15, -0.1) is 0 Å². The Balaban J connectivity index is 1.55. The van der Waals surface area contributed by atoms with E-state index in [1.807, 2.05) is 6.07 Å². The number of rotatable bonds is 4. The Morgan fingerprint density at radius 2 is 1.81 bits per heavy atom. The van der Waals surface area contributed by atoms with Crippen LogP contribution in [0.5, 0.6) is 5.75 Å². The molecule has 2 aliphatic rings. The van der Waals surface area contributed by atoms with E-state index in [1.54, 1.807) is 18.5 Å². The van der Waals surface area contributed by atoms with Gasteiger partial charge in [-0.3, -0.25) is 4.98 Å². The van der Waals surface area contributed by atoms with Crippen LogP contribution in [0, 0.1) is 11.6 Å². The molecule has 2 unspecified atom stereocenters. The van der Waals surface area contributed by atoms with E-state index in [-0.39, 0.29) is 23.1 Å². The van der Waals surface area contributed by atoms with E-state index >= 15 is 0 Å². The van der Waals surface area contributed by atoms with Crippen LogP contribution in [0.15, 0.2) is 47.6 Å². The predicted octanol–water partition coefficient (Wildman–Crippen LogP) is 3.12. The molecule has 1 aromatic carbocycles. The second-order valence-electron chi connectivity index (χ2n) is 6.70. The van der Waals surface area contributed by atoms with Crippen LogP contribution in [0.3, 0.4) is 0 Å². The lowest BCUT2D eigenvalue weighted by Crippen LogP contribution is -2.49. The Morgan fingerprint density at radius 1 is 1.08 bits per heavy atom. The molecular formula is C18H18F2N2O3S. The molecule has 0 amide bonds. The molecule has 0 radical (unpaired) electrons. The number of aromatic nitrogens is 1. The summed E-state index contributed by atoms with van der Waals surface area (Å²) >= 11 is 0. The highest BCUT2D eigenvalue weighted by atomic mass is 32.2. The third-order valence-electron chi connectivity index (χ3n) is 5.03. The summed E-state index contributed by atoms with van der Waals surface area (Å²) in [6.07, 6.45) is 5.80. The van der Waals surface area contributed by atoms with Gasteiger partial charge in [0.1, 0.15) is 11.9 Å². The van der Waals surface area contributed by atoms with Crippen molar-refractivity contribution in [2.75, 3.05) is 0 Å². The maximum Gasteiger partial charge on any atom is 0.243 e. The molecule has 2 bridgehead atoms. The normalized spacial score (nSPS) is 26.0. The molecule has 5 nitrogen and oxygen atoms in total. The SMILES string of the molecule is O=S(=O)(c1ccc(F)c(F)c1)N1C2CCC1CC(Oc1cccnc1)C2. The first-order valence-corrected chi connectivity index (χ1v) is 9.94. The van der Waals surface area contributed by atoms with Crippen molar-refractivity contribution in [3.05, 3.63) is 54.4 Å². The minimum Gasteiger partial charge on any atom is -0.489 e. The Morgan fingerprint density at radius 3 is 2.42 bits per heavy atom. The molecule has 0 N–H and O–H groups in total. The molecule has 26 heavy (non-hydrogen) atoms. The first-order chi connectivity index (χ1) is 12.4. The third-order valence-corrected chi connectivity index (χ3v) is 7.03. The number of piperidine rings is 1. The molecule has 4 rings (SSSR count). The van der Waals surface area contributed by atoms with E-state index < -0.39 is 21.7 Å². The van der Waals surface area contributed by atoms with Gasteiger partial charge in [0.2, 0.25) is 10.0 Å². The van der Waals surface area contributed by atoms with Gasteiger partial charge < -0.3 is 4.74 Å². The molecule has 2 saturated heterocycles. The van der Waals surface area contributed by atoms with Gasteiger partial charge in [-0.1, -0.05) is 0 Å². The molecule has 2 atom stereocenters.